The van der Waals surface area contributed by atoms with Crippen LogP contribution in [0.1, 0.15) is 16.1 Å². The zero-order valence-corrected chi connectivity index (χ0v) is 16.2. The Morgan fingerprint density at radius 3 is 1.97 bits per heavy atom. The number of hydrogen-bond acceptors (Lipinski definition) is 6. The van der Waals surface area contributed by atoms with E-state index in [2.05, 4.69) is 14.2 Å². The molecule has 2 aromatic rings. The molecule has 2 rings (SSSR count). The third-order valence-corrected chi connectivity index (χ3v) is 3.88. The Balaban J connectivity index is 2.80. The van der Waals surface area contributed by atoms with Crippen LogP contribution in [0.4, 0.5) is 49.6 Å². The van der Waals surface area contributed by atoms with Crippen LogP contribution >= 0.6 is 0 Å². The Hall–Kier alpha value is -3.84. The van der Waals surface area contributed by atoms with Crippen molar-refractivity contribution in [2.24, 2.45) is 0 Å². The van der Waals surface area contributed by atoms with Gasteiger partial charge in [0.25, 0.3) is 0 Å². The first-order chi connectivity index (χ1) is 15.4. The molecule has 0 aliphatic carbocycles. The van der Waals surface area contributed by atoms with Gasteiger partial charge in [-0.3, -0.25) is 0 Å². The fraction of sp³-hybridized carbons (Fsp3) is 0.294. The minimum absolute atomic E-state index is 0.120. The average Bonchev–Trinajstić information content (AvgIpc) is 3.02. The van der Waals surface area contributed by atoms with Crippen LogP contribution in [-0.4, -0.2) is 42.2 Å². The van der Waals surface area contributed by atoms with Crippen LogP contribution in [0.2, 0.25) is 0 Å². The number of carbonyl (C=O) groups is 1. The predicted octanol–water partition coefficient (Wildman–Crippen LogP) is 4.79. The Labute approximate surface area is 181 Å². The second kappa shape index (κ2) is 8.50. The standard InChI is InChI=1S/C17H9F10N3O4/c1-32-13(31)12-11(29)7(5-28)6-30(12)9-4-8(33-16(24,25)14(18,19)20)2-3-10(9)34-17(26,27)15(21,22)23/h2-4,6H,29H2,1H3. The molecule has 0 saturated heterocycles. The monoisotopic (exact) mass is 509 g/mol. The summed E-state index contributed by atoms with van der Waals surface area (Å²) in [5, 5.41) is 9.07. The van der Waals surface area contributed by atoms with Gasteiger partial charge in [-0.1, -0.05) is 0 Å². The summed E-state index contributed by atoms with van der Waals surface area (Å²) >= 11 is 0. The number of nitrogens with two attached hydrogens (primary N) is 1. The molecule has 0 unspecified atom stereocenters. The molecule has 0 fully saturated rings. The molecule has 0 spiro atoms. The van der Waals surface area contributed by atoms with Crippen molar-refractivity contribution in [3.05, 3.63) is 35.7 Å². The number of nitrogens with zero attached hydrogens (tertiary/aromatic N) is 2. The van der Waals surface area contributed by atoms with E-state index in [1.807, 2.05) is 0 Å². The molecule has 17 heteroatoms. The number of rotatable bonds is 6. The number of aromatic nitrogens is 1. The molecule has 0 bridgehead atoms. The summed E-state index contributed by atoms with van der Waals surface area (Å²) in [4.78, 5) is 12.1. The van der Waals surface area contributed by atoms with E-state index in [0.717, 1.165) is 7.11 Å². The number of halogens is 10. The highest BCUT2D eigenvalue weighted by molar-refractivity contribution is 5.96. The Morgan fingerprint density at radius 2 is 1.50 bits per heavy atom. The maximum atomic E-state index is 13.5. The zero-order chi connectivity index (χ0) is 26.3. The van der Waals surface area contributed by atoms with Crippen LogP contribution < -0.4 is 15.2 Å². The van der Waals surface area contributed by atoms with Crippen molar-refractivity contribution in [2.75, 3.05) is 12.8 Å². The molecule has 0 aliphatic heterocycles. The Kier molecular flexibility index (Phi) is 6.60. The molecular formula is C17H9F10N3O4. The van der Waals surface area contributed by atoms with Crippen molar-refractivity contribution in [1.29, 1.82) is 5.26 Å². The summed E-state index contributed by atoms with van der Waals surface area (Å²) in [6, 6.07) is 1.87. The van der Waals surface area contributed by atoms with Crippen LogP contribution in [0.3, 0.4) is 0 Å². The SMILES string of the molecule is COC(=O)c1c(N)c(C#N)cn1-c1cc(OC(F)(F)C(F)(F)F)ccc1OC(F)(F)C(F)(F)F. The van der Waals surface area contributed by atoms with Gasteiger partial charge in [-0.05, 0) is 12.1 Å². The van der Waals surface area contributed by atoms with Crippen LogP contribution in [0.5, 0.6) is 11.5 Å². The molecule has 1 aromatic heterocycles. The summed E-state index contributed by atoms with van der Waals surface area (Å²) in [6.45, 7) is 0. The van der Waals surface area contributed by atoms with Crippen LogP contribution in [0.15, 0.2) is 24.4 Å². The lowest BCUT2D eigenvalue weighted by Crippen LogP contribution is -2.42. The molecule has 34 heavy (non-hydrogen) atoms. The number of carbonyl (C=O) groups excluding carboxylic acids is 1. The molecule has 1 heterocycles. The molecular weight excluding hydrogens is 500 g/mol. The Bertz CT molecular complexity index is 1130. The summed E-state index contributed by atoms with van der Waals surface area (Å²) in [5.41, 5.74) is 2.27. The third kappa shape index (κ3) is 4.89. The lowest BCUT2D eigenvalue weighted by atomic mass is 10.2. The van der Waals surface area contributed by atoms with Gasteiger partial charge in [0.2, 0.25) is 0 Å². The lowest BCUT2D eigenvalue weighted by molar-refractivity contribution is -0.361. The molecule has 186 valence electrons. The zero-order valence-electron chi connectivity index (χ0n) is 16.2. The summed E-state index contributed by atoms with van der Waals surface area (Å²) < 4.78 is 141. The van der Waals surface area contributed by atoms with Crippen molar-refractivity contribution in [2.45, 2.75) is 24.6 Å². The second-order valence-electron chi connectivity index (χ2n) is 6.14. The number of methoxy groups -OCH3 is 1. The normalized spacial score (nSPS) is 12.8. The first-order valence-electron chi connectivity index (χ1n) is 8.27. The fourth-order valence-electron chi connectivity index (χ4n) is 2.34. The summed E-state index contributed by atoms with van der Waals surface area (Å²) in [5.74, 6) is -4.27. The third-order valence-electron chi connectivity index (χ3n) is 3.88. The molecule has 0 saturated carbocycles. The van der Waals surface area contributed by atoms with Crippen LogP contribution in [-0.2, 0) is 4.74 Å². The van der Waals surface area contributed by atoms with Crippen molar-refractivity contribution in [3.63, 3.8) is 0 Å². The number of anilines is 1. The molecule has 0 aliphatic rings. The highest BCUT2D eigenvalue weighted by Crippen LogP contribution is 2.43. The summed E-state index contributed by atoms with van der Waals surface area (Å²) in [6.07, 6.45) is -23.7. The van der Waals surface area contributed by atoms with Gasteiger partial charge in [-0.25, -0.2) is 4.79 Å². The van der Waals surface area contributed by atoms with E-state index in [9.17, 15) is 48.7 Å². The smallest absolute Gasteiger partial charge is 0.464 e. The van der Waals surface area contributed by atoms with E-state index in [1.54, 1.807) is 0 Å². The first kappa shape index (κ1) is 26.4. The molecule has 2 N–H and O–H groups in total. The van der Waals surface area contributed by atoms with Gasteiger partial charge in [0.15, 0.2) is 11.4 Å². The van der Waals surface area contributed by atoms with Gasteiger partial charge in [0, 0.05) is 12.3 Å². The van der Waals surface area contributed by atoms with E-state index in [1.165, 1.54) is 6.07 Å². The molecule has 7 nitrogen and oxygen atoms in total. The van der Waals surface area contributed by atoms with E-state index in [-0.39, 0.29) is 18.2 Å². The van der Waals surface area contributed by atoms with Gasteiger partial charge in [-0.2, -0.15) is 49.2 Å². The number of nitriles is 1. The lowest BCUT2D eigenvalue weighted by Gasteiger charge is -2.24. The van der Waals surface area contributed by atoms with Gasteiger partial charge in [-0.15, -0.1) is 0 Å². The molecule has 0 radical (unpaired) electrons. The van der Waals surface area contributed by atoms with Gasteiger partial charge >= 0.3 is 30.5 Å². The topological polar surface area (TPSA) is 99.5 Å². The van der Waals surface area contributed by atoms with Crippen LogP contribution in [0.25, 0.3) is 5.69 Å². The maximum Gasteiger partial charge on any atom is 0.499 e. The number of nitrogen functional groups attached to an aromatic ring is 1. The second-order valence-corrected chi connectivity index (χ2v) is 6.14. The highest BCUT2D eigenvalue weighted by atomic mass is 19.4. The fourth-order valence-corrected chi connectivity index (χ4v) is 2.34. The molecule has 1 aromatic carbocycles. The first-order valence-corrected chi connectivity index (χ1v) is 8.27. The van der Waals surface area contributed by atoms with Gasteiger partial charge in [0.05, 0.1) is 24.0 Å². The minimum Gasteiger partial charge on any atom is -0.464 e. The Morgan fingerprint density at radius 1 is 0.971 bits per heavy atom. The number of benzene rings is 1. The average molecular weight is 509 g/mol. The predicted molar refractivity (Wildman–Crippen MR) is 89.5 cm³/mol. The van der Waals surface area contributed by atoms with Gasteiger partial charge in [0.1, 0.15) is 11.8 Å². The van der Waals surface area contributed by atoms with Gasteiger partial charge < -0.3 is 24.5 Å². The highest BCUT2D eigenvalue weighted by Gasteiger charge is 2.62. The van der Waals surface area contributed by atoms with E-state index >= 15 is 0 Å². The minimum atomic E-state index is -6.29. The maximum absolute atomic E-state index is 13.5. The number of alkyl halides is 10. The van der Waals surface area contributed by atoms with E-state index < -0.39 is 64.7 Å². The molecule has 0 amide bonds. The van der Waals surface area contributed by atoms with Crippen molar-refractivity contribution < 1.29 is 62.9 Å². The quantitative estimate of drug-likeness (QED) is 0.445. The van der Waals surface area contributed by atoms with E-state index in [4.69, 9.17) is 11.0 Å². The van der Waals surface area contributed by atoms with Crippen molar-refractivity contribution >= 4 is 11.7 Å². The number of esters is 1. The number of hydrogen-bond donors (Lipinski definition) is 1. The van der Waals surface area contributed by atoms with Crippen LogP contribution in [0, 0.1) is 11.3 Å². The van der Waals surface area contributed by atoms with Crippen molar-refractivity contribution in [3.8, 4) is 23.3 Å². The molecule has 0 atom stereocenters. The number of ether oxygens (including phenoxy) is 3. The van der Waals surface area contributed by atoms with E-state index in [0.29, 0.717) is 10.8 Å². The summed E-state index contributed by atoms with van der Waals surface area (Å²) in [7, 11) is 0.782. The van der Waals surface area contributed by atoms with Crippen molar-refractivity contribution in [1.82, 2.24) is 4.57 Å². The largest absolute Gasteiger partial charge is 0.499 e.